The number of rotatable bonds is 4. The molecular weight excluding hydrogens is 240 g/mol. The zero-order valence-corrected chi connectivity index (χ0v) is 9.74. The summed E-state index contributed by atoms with van der Waals surface area (Å²) in [5.74, 6) is 0. The average Bonchev–Trinajstić information content (AvgIpc) is 2.81. The van der Waals surface area contributed by atoms with Gasteiger partial charge in [-0.3, -0.25) is 5.10 Å². The normalized spacial score (nSPS) is 11.5. The van der Waals surface area contributed by atoms with E-state index in [1.54, 1.807) is 24.3 Å². The Labute approximate surface area is 98.9 Å². The second-order valence-electron chi connectivity index (χ2n) is 3.49. The lowest BCUT2D eigenvalue weighted by Gasteiger charge is -2.05. The summed E-state index contributed by atoms with van der Waals surface area (Å²) < 4.78 is 25.9. The van der Waals surface area contributed by atoms with Gasteiger partial charge in [-0.15, -0.1) is 0 Å². The van der Waals surface area contributed by atoms with E-state index in [0.29, 0.717) is 5.69 Å². The van der Waals surface area contributed by atoms with Crippen molar-refractivity contribution in [2.24, 2.45) is 0 Å². The lowest BCUT2D eigenvalue weighted by molar-refractivity contribution is 0.577. The number of aromatic nitrogens is 2. The van der Waals surface area contributed by atoms with Crippen molar-refractivity contribution in [2.45, 2.75) is 11.6 Å². The monoisotopic (exact) mass is 252 g/mol. The van der Waals surface area contributed by atoms with Gasteiger partial charge in [0.15, 0.2) is 5.03 Å². The molecule has 0 aliphatic rings. The van der Waals surface area contributed by atoms with Crippen molar-refractivity contribution in [2.75, 3.05) is 5.73 Å². The van der Waals surface area contributed by atoms with E-state index in [-0.39, 0.29) is 11.6 Å². The smallest absolute Gasteiger partial charge is 0.257 e. The lowest BCUT2D eigenvalue weighted by atomic mass is 10.2. The minimum atomic E-state index is -3.54. The molecule has 17 heavy (non-hydrogen) atoms. The van der Waals surface area contributed by atoms with Crippen molar-refractivity contribution < 1.29 is 8.42 Å². The molecule has 2 aromatic rings. The van der Waals surface area contributed by atoms with Gasteiger partial charge in [-0.25, -0.2) is 13.1 Å². The van der Waals surface area contributed by atoms with Gasteiger partial charge in [-0.05, 0) is 23.8 Å². The van der Waals surface area contributed by atoms with Gasteiger partial charge in [0.05, 0.1) is 6.20 Å². The maximum atomic E-state index is 11.7. The van der Waals surface area contributed by atoms with E-state index in [1.807, 2.05) is 0 Å². The van der Waals surface area contributed by atoms with Gasteiger partial charge in [-0.2, -0.15) is 5.10 Å². The molecule has 2 rings (SSSR count). The molecular formula is C10H12N4O2S. The number of aromatic amines is 1. The van der Waals surface area contributed by atoms with Crippen LogP contribution in [0.5, 0.6) is 0 Å². The molecule has 90 valence electrons. The first-order valence-corrected chi connectivity index (χ1v) is 6.40. The first-order chi connectivity index (χ1) is 8.08. The third-order valence-corrected chi connectivity index (χ3v) is 3.51. The summed E-state index contributed by atoms with van der Waals surface area (Å²) in [5.41, 5.74) is 7.00. The summed E-state index contributed by atoms with van der Waals surface area (Å²) in [7, 11) is -3.54. The van der Waals surface area contributed by atoms with Crippen LogP contribution in [0.4, 0.5) is 5.69 Å². The maximum Gasteiger partial charge on any atom is 0.257 e. The number of H-pyrrole nitrogens is 1. The molecule has 1 aromatic carbocycles. The Morgan fingerprint density at radius 3 is 2.82 bits per heavy atom. The number of anilines is 1. The minimum absolute atomic E-state index is 0.0430. The fourth-order valence-corrected chi connectivity index (χ4v) is 2.28. The number of benzene rings is 1. The molecule has 0 saturated carbocycles. The number of nitrogens with one attached hydrogen (secondary N) is 2. The Morgan fingerprint density at radius 2 is 2.18 bits per heavy atom. The van der Waals surface area contributed by atoms with Crippen LogP contribution in [0.25, 0.3) is 0 Å². The topological polar surface area (TPSA) is 101 Å². The summed E-state index contributed by atoms with van der Waals surface area (Å²) in [6.45, 7) is 0.187. The highest BCUT2D eigenvalue weighted by atomic mass is 32.2. The van der Waals surface area contributed by atoms with Crippen LogP contribution in [0.1, 0.15) is 5.56 Å². The van der Waals surface area contributed by atoms with Crippen molar-refractivity contribution in [3.63, 3.8) is 0 Å². The van der Waals surface area contributed by atoms with Crippen LogP contribution in [0, 0.1) is 0 Å². The van der Waals surface area contributed by atoms with E-state index in [2.05, 4.69) is 14.9 Å². The molecule has 0 bridgehead atoms. The molecule has 0 amide bonds. The molecule has 0 radical (unpaired) electrons. The zero-order chi connectivity index (χ0) is 12.3. The standard InChI is InChI=1S/C10H12N4O2S/c11-9-3-1-2-8(6-9)7-13-17(15,16)10-4-5-12-14-10/h1-6,13H,7,11H2,(H,12,14). The predicted molar refractivity (Wildman–Crippen MR) is 63.5 cm³/mol. The van der Waals surface area contributed by atoms with E-state index in [1.165, 1.54) is 12.3 Å². The first kappa shape index (κ1) is 11.6. The molecule has 1 aromatic heterocycles. The molecule has 0 atom stereocenters. The maximum absolute atomic E-state index is 11.7. The third-order valence-electron chi connectivity index (χ3n) is 2.18. The van der Waals surface area contributed by atoms with Crippen LogP contribution in [0.3, 0.4) is 0 Å². The Bertz CT molecular complexity index is 593. The summed E-state index contributed by atoms with van der Waals surface area (Å²) in [6.07, 6.45) is 1.38. The molecule has 0 fully saturated rings. The Hall–Kier alpha value is -1.86. The Kier molecular flexibility index (Phi) is 3.12. The summed E-state index contributed by atoms with van der Waals surface area (Å²) >= 11 is 0. The molecule has 4 N–H and O–H groups in total. The van der Waals surface area contributed by atoms with Gasteiger partial charge in [0.25, 0.3) is 10.0 Å². The highest BCUT2D eigenvalue weighted by Crippen LogP contribution is 2.08. The number of hydrogen-bond donors (Lipinski definition) is 3. The molecule has 1 heterocycles. The van der Waals surface area contributed by atoms with Crippen molar-refractivity contribution in [1.82, 2.24) is 14.9 Å². The van der Waals surface area contributed by atoms with Gasteiger partial charge in [0.1, 0.15) is 0 Å². The third kappa shape index (κ3) is 2.83. The van der Waals surface area contributed by atoms with Gasteiger partial charge >= 0.3 is 0 Å². The highest BCUT2D eigenvalue weighted by Gasteiger charge is 2.14. The molecule has 0 saturated heterocycles. The first-order valence-electron chi connectivity index (χ1n) is 4.91. The van der Waals surface area contributed by atoms with Crippen LogP contribution < -0.4 is 10.5 Å². The average molecular weight is 252 g/mol. The van der Waals surface area contributed by atoms with Crippen LogP contribution >= 0.6 is 0 Å². The van der Waals surface area contributed by atoms with Gasteiger partial charge in [-0.1, -0.05) is 12.1 Å². The largest absolute Gasteiger partial charge is 0.399 e. The molecule has 0 aliphatic heterocycles. The molecule has 0 spiro atoms. The van der Waals surface area contributed by atoms with Crippen molar-refractivity contribution >= 4 is 15.7 Å². The van der Waals surface area contributed by atoms with Crippen LogP contribution in [0.2, 0.25) is 0 Å². The quantitative estimate of drug-likeness (QED) is 0.688. The number of nitrogens with two attached hydrogens (primary N) is 1. The zero-order valence-electron chi connectivity index (χ0n) is 8.92. The summed E-state index contributed by atoms with van der Waals surface area (Å²) in [4.78, 5) is 0. The van der Waals surface area contributed by atoms with Crippen molar-refractivity contribution in [3.8, 4) is 0 Å². The Balaban J connectivity index is 2.08. The van der Waals surface area contributed by atoms with Crippen LogP contribution in [-0.2, 0) is 16.6 Å². The summed E-state index contributed by atoms with van der Waals surface area (Å²) in [6, 6.07) is 8.42. The minimum Gasteiger partial charge on any atom is -0.399 e. The number of hydrogen-bond acceptors (Lipinski definition) is 4. The number of sulfonamides is 1. The second kappa shape index (κ2) is 4.56. The SMILES string of the molecule is Nc1cccc(CNS(=O)(=O)c2ccn[nH]2)c1. The molecule has 0 unspecified atom stereocenters. The van der Waals surface area contributed by atoms with E-state index in [9.17, 15) is 8.42 Å². The van der Waals surface area contributed by atoms with E-state index in [0.717, 1.165) is 5.56 Å². The van der Waals surface area contributed by atoms with Gasteiger partial charge in [0.2, 0.25) is 0 Å². The second-order valence-corrected chi connectivity index (χ2v) is 5.23. The fourth-order valence-electron chi connectivity index (χ4n) is 1.35. The van der Waals surface area contributed by atoms with E-state index >= 15 is 0 Å². The molecule has 6 nitrogen and oxygen atoms in total. The van der Waals surface area contributed by atoms with Gasteiger partial charge < -0.3 is 5.73 Å². The molecule has 7 heteroatoms. The number of nitrogen functional groups attached to an aromatic ring is 1. The highest BCUT2D eigenvalue weighted by molar-refractivity contribution is 7.89. The Morgan fingerprint density at radius 1 is 1.35 bits per heavy atom. The van der Waals surface area contributed by atoms with Crippen molar-refractivity contribution in [1.29, 1.82) is 0 Å². The van der Waals surface area contributed by atoms with Crippen LogP contribution in [-0.4, -0.2) is 18.6 Å². The van der Waals surface area contributed by atoms with Gasteiger partial charge in [0, 0.05) is 12.2 Å². The summed E-state index contributed by atoms with van der Waals surface area (Å²) in [5, 5.41) is 6.04. The predicted octanol–water partition coefficient (Wildman–Crippen LogP) is 0.470. The van der Waals surface area contributed by atoms with E-state index < -0.39 is 10.0 Å². The lowest BCUT2D eigenvalue weighted by Crippen LogP contribution is -2.23. The molecule has 0 aliphatic carbocycles. The van der Waals surface area contributed by atoms with E-state index in [4.69, 9.17) is 5.73 Å². The fraction of sp³-hybridized carbons (Fsp3) is 0.100. The van der Waals surface area contributed by atoms with Crippen LogP contribution in [0.15, 0.2) is 41.6 Å². The number of nitrogens with zero attached hydrogens (tertiary/aromatic N) is 1. The van der Waals surface area contributed by atoms with Crippen molar-refractivity contribution in [3.05, 3.63) is 42.1 Å².